The lowest BCUT2D eigenvalue weighted by Crippen LogP contribution is -2.56. The van der Waals surface area contributed by atoms with E-state index in [1.165, 1.54) is 0 Å². The Bertz CT molecular complexity index is 1420. The molecule has 1 fully saturated rings. The fourth-order valence-electron chi connectivity index (χ4n) is 6.24. The van der Waals surface area contributed by atoms with E-state index < -0.39 is 29.7 Å². The van der Waals surface area contributed by atoms with Gasteiger partial charge in [-0.15, -0.1) is 0 Å². The summed E-state index contributed by atoms with van der Waals surface area (Å²) in [6.07, 6.45) is 4.77. The van der Waals surface area contributed by atoms with Gasteiger partial charge in [0.15, 0.2) is 0 Å². The van der Waals surface area contributed by atoms with E-state index >= 15 is 0 Å². The molecule has 2 aliphatic rings. The first kappa shape index (κ1) is 31.0. The number of aromatic nitrogens is 2. The van der Waals surface area contributed by atoms with Gasteiger partial charge >= 0.3 is 6.09 Å². The van der Waals surface area contributed by atoms with Gasteiger partial charge in [-0.25, -0.2) is 14.8 Å². The maximum absolute atomic E-state index is 14.5. The van der Waals surface area contributed by atoms with Gasteiger partial charge in [-0.05, 0) is 75.5 Å². The van der Waals surface area contributed by atoms with Crippen molar-refractivity contribution in [1.82, 2.24) is 25.5 Å². The summed E-state index contributed by atoms with van der Waals surface area (Å²) in [7, 11) is 0. The molecule has 2 aromatic carbocycles. The van der Waals surface area contributed by atoms with Crippen molar-refractivity contribution in [3.05, 3.63) is 89.2 Å². The molecule has 1 aromatic heterocycles. The first-order valence-corrected chi connectivity index (χ1v) is 15.4. The summed E-state index contributed by atoms with van der Waals surface area (Å²) in [5.41, 5.74) is 8.77. The second kappa shape index (κ2) is 13.4. The molecule has 232 valence electrons. The van der Waals surface area contributed by atoms with Crippen molar-refractivity contribution < 1.29 is 19.1 Å². The Morgan fingerprint density at radius 2 is 1.68 bits per heavy atom. The normalized spacial score (nSPS) is 18.8. The molecule has 1 aliphatic heterocycles. The van der Waals surface area contributed by atoms with Crippen LogP contribution in [-0.4, -0.2) is 63.5 Å². The molecule has 1 aliphatic carbocycles. The number of anilines is 1. The smallest absolute Gasteiger partial charge is 0.408 e. The van der Waals surface area contributed by atoms with Crippen molar-refractivity contribution in [3.63, 3.8) is 0 Å². The van der Waals surface area contributed by atoms with E-state index in [2.05, 4.69) is 20.6 Å². The minimum Gasteiger partial charge on any atom is -0.444 e. The number of ether oxygens (including phenoxy) is 1. The molecule has 0 radical (unpaired) electrons. The number of rotatable bonds is 8. The van der Waals surface area contributed by atoms with Gasteiger partial charge in [0.25, 0.3) is 0 Å². The summed E-state index contributed by atoms with van der Waals surface area (Å²) >= 11 is 0. The number of hydrogen-bond acceptors (Lipinski definition) is 7. The van der Waals surface area contributed by atoms with Gasteiger partial charge in [-0.2, -0.15) is 0 Å². The third-order valence-corrected chi connectivity index (χ3v) is 8.26. The number of alkyl carbamates (subject to hydrolysis) is 1. The predicted octanol–water partition coefficient (Wildman–Crippen LogP) is 4.00. The summed E-state index contributed by atoms with van der Waals surface area (Å²) in [4.78, 5) is 51.3. The fourth-order valence-corrected chi connectivity index (χ4v) is 6.24. The number of nitrogen functional groups attached to an aromatic ring is 1. The van der Waals surface area contributed by atoms with Gasteiger partial charge in [-0.1, -0.05) is 60.7 Å². The number of nitrogens with one attached hydrogen (secondary N) is 2. The van der Waals surface area contributed by atoms with Crippen LogP contribution in [0.1, 0.15) is 68.3 Å². The highest BCUT2D eigenvalue weighted by atomic mass is 16.6. The lowest BCUT2D eigenvalue weighted by molar-refractivity contribution is -0.140. The highest BCUT2D eigenvalue weighted by molar-refractivity contribution is 5.93. The van der Waals surface area contributed by atoms with Crippen LogP contribution in [0.4, 0.5) is 10.7 Å². The molecular weight excluding hydrogens is 556 g/mol. The second-order valence-corrected chi connectivity index (χ2v) is 12.7. The van der Waals surface area contributed by atoms with Crippen molar-refractivity contribution >= 4 is 23.9 Å². The summed E-state index contributed by atoms with van der Waals surface area (Å²) in [6, 6.07) is 17.7. The summed E-state index contributed by atoms with van der Waals surface area (Å²) in [6.45, 7) is 6.27. The van der Waals surface area contributed by atoms with Crippen LogP contribution in [0.3, 0.4) is 0 Å². The highest BCUT2D eigenvalue weighted by Gasteiger charge is 2.42. The van der Waals surface area contributed by atoms with Gasteiger partial charge in [0.1, 0.15) is 17.7 Å². The molecule has 3 aromatic rings. The maximum atomic E-state index is 14.5. The average Bonchev–Trinajstić information content (AvgIpc) is 3.50. The Hall–Kier alpha value is -4.47. The number of hydrogen-bond donors (Lipinski definition) is 3. The molecule has 4 N–H and O–H groups in total. The van der Waals surface area contributed by atoms with Gasteiger partial charge in [0.05, 0.1) is 0 Å². The highest BCUT2D eigenvalue weighted by Crippen LogP contribution is 2.32. The Morgan fingerprint density at radius 3 is 2.32 bits per heavy atom. The largest absolute Gasteiger partial charge is 0.444 e. The molecule has 2 unspecified atom stereocenters. The summed E-state index contributed by atoms with van der Waals surface area (Å²) < 4.78 is 5.60. The van der Waals surface area contributed by atoms with E-state index in [-0.39, 0.29) is 23.7 Å². The minimum atomic E-state index is -0.995. The standard InChI is InChI=1S/C34H42N6O4/c1-34(2,3)44-33(43)39-29(28(23-11-6-4-7-12-23)24-13-8-5-9-14-24)31(42)40-18-10-15-27(40)30(41)36-20-22-16-17-26-25(19-22)21-37-32(35)38-26/h4-9,11-14,21-22,27-29H,10,15-20H2,1-3H3,(H,36,41)(H,39,43)(H2,35,37,38)/t22?,27?,29-/m1/s1. The van der Waals surface area contributed by atoms with E-state index in [0.29, 0.717) is 25.9 Å². The molecular formula is C34H42N6O4. The Morgan fingerprint density at radius 1 is 1.02 bits per heavy atom. The number of benzene rings is 2. The zero-order chi connectivity index (χ0) is 31.3. The van der Waals surface area contributed by atoms with E-state index in [0.717, 1.165) is 41.6 Å². The molecule has 5 rings (SSSR count). The molecule has 0 saturated carbocycles. The Kier molecular flexibility index (Phi) is 9.46. The second-order valence-electron chi connectivity index (χ2n) is 12.7. The van der Waals surface area contributed by atoms with Gasteiger partial charge < -0.3 is 26.0 Å². The van der Waals surface area contributed by atoms with Crippen molar-refractivity contribution in [1.29, 1.82) is 0 Å². The van der Waals surface area contributed by atoms with Crippen molar-refractivity contribution in [2.75, 3.05) is 18.8 Å². The van der Waals surface area contributed by atoms with Crippen LogP contribution >= 0.6 is 0 Å². The quantitative estimate of drug-likeness (QED) is 0.356. The monoisotopic (exact) mass is 598 g/mol. The third kappa shape index (κ3) is 7.53. The van der Waals surface area contributed by atoms with Crippen molar-refractivity contribution in [2.24, 2.45) is 5.92 Å². The number of fused-ring (bicyclic) bond motifs is 1. The number of aryl methyl sites for hydroxylation is 1. The van der Waals surface area contributed by atoms with Gasteiger partial charge in [-0.3, -0.25) is 9.59 Å². The van der Waals surface area contributed by atoms with Crippen LogP contribution in [0.25, 0.3) is 0 Å². The lowest BCUT2D eigenvalue weighted by Gasteiger charge is -2.34. The maximum Gasteiger partial charge on any atom is 0.408 e. The lowest BCUT2D eigenvalue weighted by atomic mass is 9.84. The molecule has 3 atom stereocenters. The van der Waals surface area contributed by atoms with Crippen LogP contribution in [0.5, 0.6) is 0 Å². The molecule has 1 saturated heterocycles. The van der Waals surface area contributed by atoms with E-state index in [9.17, 15) is 14.4 Å². The number of carbonyl (C=O) groups excluding carboxylic acids is 3. The zero-order valence-electron chi connectivity index (χ0n) is 25.7. The van der Waals surface area contributed by atoms with Crippen LogP contribution < -0.4 is 16.4 Å². The molecule has 44 heavy (non-hydrogen) atoms. The average molecular weight is 599 g/mol. The van der Waals surface area contributed by atoms with E-state index in [1.807, 2.05) is 60.7 Å². The van der Waals surface area contributed by atoms with Crippen LogP contribution in [0.2, 0.25) is 0 Å². The number of amides is 3. The Labute approximate surface area is 258 Å². The fraction of sp³-hybridized carbons (Fsp3) is 0.441. The van der Waals surface area contributed by atoms with Crippen LogP contribution in [0, 0.1) is 5.92 Å². The summed E-state index contributed by atoms with van der Waals surface area (Å²) in [5.74, 6) is -0.468. The molecule has 10 nitrogen and oxygen atoms in total. The SMILES string of the molecule is CC(C)(C)OC(=O)N[C@@H](C(=O)N1CCCC1C(=O)NCC1CCc2nc(N)ncc2C1)C(c1ccccc1)c1ccccc1. The molecule has 0 spiro atoms. The van der Waals surface area contributed by atoms with Crippen molar-refractivity contribution in [3.8, 4) is 0 Å². The van der Waals surface area contributed by atoms with Gasteiger partial charge in [0.2, 0.25) is 17.8 Å². The van der Waals surface area contributed by atoms with Gasteiger partial charge in [0, 0.05) is 30.9 Å². The third-order valence-electron chi connectivity index (χ3n) is 8.26. The number of carbonyl (C=O) groups is 3. The van der Waals surface area contributed by atoms with Crippen LogP contribution in [0.15, 0.2) is 66.9 Å². The van der Waals surface area contributed by atoms with E-state index in [4.69, 9.17) is 10.5 Å². The number of nitrogens with zero attached hydrogens (tertiary/aromatic N) is 3. The molecule has 3 amide bonds. The Balaban J connectivity index is 1.36. The zero-order valence-corrected chi connectivity index (χ0v) is 25.7. The first-order valence-electron chi connectivity index (χ1n) is 15.4. The first-order chi connectivity index (χ1) is 21.1. The predicted molar refractivity (Wildman–Crippen MR) is 168 cm³/mol. The summed E-state index contributed by atoms with van der Waals surface area (Å²) in [5, 5.41) is 6.01. The number of likely N-dealkylation sites (tertiary alicyclic amines) is 1. The molecule has 0 bridgehead atoms. The minimum absolute atomic E-state index is 0.179. The van der Waals surface area contributed by atoms with Crippen LogP contribution in [-0.2, 0) is 27.2 Å². The topological polar surface area (TPSA) is 140 Å². The van der Waals surface area contributed by atoms with E-state index in [1.54, 1.807) is 31.9 Å². The van der Waals surface area contributed by atoms with Crippen molar-refractivity contribution in [2.45, 2.75) is 76.5 Å². The number of nitrogens with two attached hydrogens (primary N) is 1. The molecule has 10 heteroatoms. The molecule has 2 heterocycles.